The van der Waals surface area contributed by atoms with Crippen LogP contribution in [0.1, 0.15) is 23.5 Å². The van der Waals surface area contributed by atoms with Gasteiger partial charge in [0.2, 0.25) is 5.91 Å². The smallest absolute Gasteiger partial charge is 0.272 e. The number of anilines is 1. The SMILES string of the molecule is O=C(Nc1ccc(-c2n[nH]c(=O)c3ccccc23)cc1)C1CCc2ccccc21. The molecule has 5 nitrogen and oxygen atoms in total. The van der Waals surface area contributed by atoms with Crippen molar-refractivity contribution in [3.8, 4) is 11.3 Å². The molecule has 1 aromatic heterocycles. The summed E-state index contributed by atoms with van der Waals surface area (Å²) in [5, 5.41) is 11.2. The highest BCUT2D eigenvalue weighted by Crippen LogP contribution is 2.34. The topological polar surface area (TPSA) is 74.8 Å². The van der Waals surface area contributed by atoms with Gasteiger partial charge in [-0.2, -0.15) is 5.10 Å². The number of nitrogens with one attached hydrogen (secondary N) is 2. The molecular formula is C24H19N3O2. The summed E-state index contributed by atoms with van der Waals surface area (Å²) in [6, 6.07) is 23.1. The summed E-state index contributed by atoms with van der Waals surface area (Å²) in [6.45, 7) is 0. The van der Waals surface area contributed by atoms with Gasteiger partial charge >= 0.3 is 0 Å². The number of carbonyl (C=O) groups is 1. The van der Waals surface area contributed by atoms with Gasteiger partial charge in [0.25, 0.3) is 5.56 Å². The van der Waals surface area contributed by atoms with E-state index in [9.17, 15) is 9.59 Å². The molecule has 1 amide bonds. The average Bonchev–Trinajstić information content (AvgIpc) is 3.19. The van der Waals surface area contributed by atoms with Gasteiger partial charge in [0.15, 0.2) is 0 Å². The molecule has 0 saturated carbocycles. The molecule has 0 bridgehead atoms. The zero-order chi connectivity index (χ0) is 19.8. The van der Waals surface area contributed by atoms with Gasteiger partial charge in [0.05, 0.1) is 17.0 Å². The van der Waals surface area contributed by atoms with Gasteiger partial charge < -0.3 is 5.32 Å². The van der Waals surface area contributed by atoms with E-state index in [1.807, 2.05) is 60.7 Å². The van der Waals surface area contributed by atoms with Crippen LogP contribution in [-0.4, -0.2) is 16.1 Å². The van der Waals surface area contributed by atoms with Crippen molar-refractivity contribution in [1.29, 1.82) is 0 Å². The molecule has 142 valence electrons. The Bertz CT molecular complexity index is 1280. The fourth-order valence-electron chi connectivity index (χ4n) is 4.11. The van der Waals surface area contributed by atoms with Crippen molar-refractivity contribution in [2.45, 2.75) is 18.8 Å². The van der Waals surface area contributed by atoms with Gasteiger partial charge in [-0.1, -0.05) is 54.6 Å². The number of hydrogen-bond acceptors (Lipinski definition) is 3. The molecule has 0 fully saturated rings. The van der Waals surface area contributed by atoms with Crippen molar-refractivity contribution in [2.24, 2.45) is 0 Å². The average molecular weight is 381 g/mol. The molecule has 1 heterocycles. The van der Waals surface area contributed by atoms with Crippen LogP contribution >= 0.6 is 0 Å². The summed E-state index contributed by atoms with van der Waals surface area (Å²) >= 11 is 0. The maximum absolute atomic E-state index is 12.8. The molecule has 1 aliphatic carbocycles. The second kappa shape index (κ2) is 7.02. The molecule has 4 aromatic rings. The Morgan fingerprint density at radius 1 is 0.931 bits per heavy atom. The summed E-state index contributed by atoms with van der Waals surface area (Å²) in [6.07, 6.45) is 1.79. The predicted molar refractivity (Wildman–Crippen MR) is 114 cm³/mol. The number of aromatic amines is 1. The van der Waals surface area contributed by atoms with Crippen molar-refractivity contribution < 1.29 is 4.79 Å². The van der Waals surface area contributed by atoms with Crippen LogP contribution in [0, 0.1) is 0 Å². The van der Waals surface area contributed by atoms with Crippen LogP contribution in [0.3, 0.4) is 0 Å². The van der Waals surface area contributed by atoms with Crippen molar-refractivity contribution in [1.82, 2.24) is 10.2 Å². The third-order valence-corrected chi connectivity index (χ3v) is 5.57. The third-order valence-electron chi connectivity index (χ3n) is 5.57. The van der Waals surface area contributed by atoms with E-state index in [0.717, 1.165) is 35.0 Å². The molecule has 0 saturated heterocycles. The number of hydrogen-bond donors (Lipinski definition) is 2. The molecular weight excluding hydrogens is 362 g/mol. The van der Waals surface area contributed by atoms with E-state index < -0.39 is 0 Å². The maximum atomic E-state index is 12.8. The monoisotopic (exact) mass is 381 g/mol. The van der Waals surface area contributed by atoms with Crippen LogP contribution in [0.15, 0.2) is 77.6 Å². The molecule has 1 atom stereocenters. The third kappa shape index (κ3) is 3.10. The summed E-state index contributed by atoms with van der Waals surface area (Å²) in [7, 11) is 0. The molecule has 2 N–H and O–H groups in total. The van der Waals surface area contributed by atoms with Crippen LogP contribution in [0.2, 0.25) is 0 Å². The summed E-state index contributed by atoms with van der Waals surface area (Å²) in [4.78, 5) is 24.8. The largest absolute Gasteiger partial charge is 0.326 e. The Kier molecular flexibility index (Phi) is 4.21. The minimum absolute atomic E-state index is 0.0234. The molecule has 5 heteroatoms. The molecule has 3 aromatic carbocycles. The number of carbonyl (C=O) groups excluding carboxylic acids is 1. The van der Waals surface area contributed by atoms with E-state index >= 15 is 0 Å². The number of rotatable bonds is 3. The van der Waals surface area contributed by atoms with E-state index in [0.29, 0.717) is 11.1 Å². The van der Waals surface area contributed by atoms with Crippen LogP contribution in [-0.2, 0) is 11.2 Å². The number of aromatic nitrogens is 2. The van der Waals surface area contributed by atoms with Gasteiger partial charge in [-0.3, -0.25) is 9.59 Å². The fraction of sp³-hybridized carbons (Fsp3) is 0.125. The molecule has 29 heavy (non-hydrogen) atoms. The van der Waals surface area contributed by atoms with Gasteiger partial charge in [0.1, 0.15) is 0 Å². The van der Waals surface area contributed by atoms with Crippen LogP contribution < -0.4 is 10.9 Å². The first kappa shape index (κ1) is 17.4. The van der Waals surface area contributed by atoms with E-state index in [2.05, 4.69) is 21.6 Å². The Hall–Kier alpha value is -3.73. The second-order valence-corrected chi connectivity index (χ2v) is 7.30. The Balaban J connectivity index is 1.40. The highest BCUT2D eigenvalue weighted by molar-refractivity contribution is 5.97. The second-order valence-electron chi connectivity index (χ2n) is 7.30. The Labute approximate surface area is 167 Å². The summed E-state index contributed by atoms with van der Waals surface area (Å²) < 4.78 is 0. The van der Waals surface area contributed by atoms with E-state index in [1.165, 1.54) is 5.56 Å². The highest BCUT2D eigenvalue weighted by Gasteiger charge is 2.28. The number of benzene rings is 3. The minimum atomic E-state index is -0.204. The van der Waals surface area contributed by atoms with Gasteiger partial charge in [-0.25, -0.2) is 5.10 Å². The van der Waals surface area contributed by atoms with Crippen molar-refractivity contribution in [3.05, 3.63) is 94.3 Å². The Morgan fingerprint density at radius 3 is 2.48 bits per heavy atom. The first-order valence-electron chi connectivity index (χ1n) is 9.67. The number of amides is 1. The van der Waals surface area contributed by atoms with E-state index in [-0.39, 0.29) is 17.4 Å². The number of H-pyrrole nitrogens is 1. The number of nitrogens with zero attached hydrogens (tertiary/aromatic N) is 1. The molecule has 1 aliphatic rings. The molecule has 0 aliphatic heterocycles. The quantitative estimate of drug-likeness (QED) is 0.557. The number of aryl methyl sites for hydroxylation is 1. The molecule has 0 radical (unpaired) electrons. The zero-order valence-electron chi connectivity index (χ0n) is 15.7. The summed E-state index contributed by atoms with van der Waals surface area (Å²) in [5.41, 5.74) is 4.52. The van der Waals surface area contributed by atoms with Gasteiger partial charge in [-0.05, 0) is 42.2 Å². The van der Waals surface area contributed by atoms with Crippen LogP contribution in [0.4, 0.5) is 5.69 Å². The molecule has 5 rings (SSSR count). The van der Waals surface area contributed by atoms with Crippen molar-refractivity contribution in [2.75, 3.05) is 5.32 Å². The summed E-state index contributed by atoms with van der Waals surface area (Å²) in [5.74, 6) is -0.0778. The van der Waals surface area contributed by atoms with Crippen LogP contribution in [0.25, 0.3) is 22.0 Å². The fourth-order valence-corrected chi connectivity index (χ4v) is 4.11. The van der Waals surface area contributed by atoms with Gasteiger partial charge in [0, 0.05) is 16.6 Å². The Morgan fingerprint density at radius 2 is 1.66 bits per heavy atom. The standard InChI is InChI=1S/C24H19N3O2/c28-23(21-14-11-15-5-1-2-6-18(15)21)25-17-12-9-16(10-13-17)22-19-7-3-4-8-20(19)24(29)27-26-22/h1-10,12-13,21H,11,14H2,(H,25,28)(H,27,29). The number of fused-ring (bicyclic) bond motifs is 2. The highest BCUT2D eigenvalue weighted by atomic mass is 16.2. The molecule has 0 spiro atoms. The van der Waals surface area contributed by atoms with Gasteiger partial charge in [-0.15, -0.1) is 0 Å². The lowest BCUT2D eigenvalue weighted by Crippen LogP contribution is -2.19. The maximum Gasteiger partial charge on any atom is 0.272 e. The first-order chi connectivity index (χ1) is 14.2. The van der Waals surface area contributed by atoms with Crippen molar-refractivity contribution in [3.63, 3.8) is 0 Å². The van der Waals surface area contributed by atoms with Crippen LogP contribution in [0.5, 0.6) is 0 Å². The lowest BCUT2D eigenvalue weighted by atomic mass is 10.0. The van der Waals surface area contributed by atoms with E-state index in [1.54, 1.807) is 6.07 Å². The normalized spacial score (nSPS) is 15.2. The van der Waals surface area contributed by atoms with E-state index in [4.69, 9.17) is 0 Å². The zero-order valence-corrected chi connectivity index (χ0v) is 15.7. The molecule has 1 unspecified atom stereocenters. The predicted octanol–water partition coefficient (Wildman–Crippen LogP) is 4.26. The van der Waals surface area contributed by atoms with Crippen molar-refractivity contribution >= 4 is 22.4 Å². The lowest BCUT2D eigenvalue weighted by Gasteiger charge is -2.13. The minimum Gasteiger partial charge on any atom is -0.326 e. The first-order valence-corrected chi connectivity index (χ1v) is 9.67. The lowest BCUT2D eigenvalue weighted by molar-refractivity contribution is -0.117.